The number of esters is 1. The Morgan fingerprint density at radius 1 is 0.939 bits per heavy atom. The fraction of sp³-hybridized carbons (Fsp3) is 0.320. The highest BCUT2D eigenvalue weighted by Crippen LogP contribution is 2.51. The van der Waals surface area contributed by atoms with Crippen LogP contribution in [-0.4, -0.2) is 31.0 Å². The Labute approximate surface area is 201 Å². The summed E-state index contributed by atoms with van der Waals surface area (Å²) in [6, 6.07) is 12.2. The third kappa shape index (κ3) is 5.42. The van der Waals surface area contributed by atoms with Gasteiger partial charge in [0.25, 0.3) is 0 Å². The van der Waals surface area contributed by atoms with Crippen molar-refractivity contribution in [2.75, 3.05) is 20.8 Å². The predicted molar refractivity (Wildman–Crippen MR) is 130 cm³/mol. The number of methoxy groups -OCH3 is 2. The second kappa shape index (κ2) is 11.4. The standard InChI is InChI=1S/C25H27ClO6S/c1-5-6-9-14-31-22-19-15-17(33(28)21-11-8-7-10-20(21)26)12-13-18(19)23(32-16(2)27)25(30-4)24(22)29-3/h7-8,10-13,15H,5-6,9,14H2,1-4H3. The normalized spacial score (nSPS) is 11.8. The number of ether oxygens (including phenoxy) is 4. The van der Waals surface area contributed by atoms with Crippen molar-refractivity contribution < 1.29 is 28.0 Å². The number of carbonyl (C=O) groups is 1. The number of hydrogen-bond donors (Lipinski definition) is 0. The maximum absolute atomic E-state index is 13.3. The van der Waals surface area contributed by atoms with E-state index < -0.39 is 16.8 Å². The van der Waals surface area contributed by atoms with E-state index in [1.807, 2.05) is 0 Å². The van der Waals surface area contributed by atoms with Gasteiger partial charge in [0.05, 0.1) is 41.5 Å². The zero-order valence-corrected chi connectivity index (χ0v) is 20.7. The van der Waals surface area contributed by atoms with Crippen LogP contribution in [0.15, 0.2) is 52.3 Å². The Morgan fingerprint density at radius 2 is 1.64 bits per heavy atom. The summed E-state index contributed by atoms with van der Waals surface area (Å²) in [5.41, 5.74) is 0. The number of halogens is 1. The summed E-state index contributed by atoms with van der Waals surface area (Å²) in [5.74, 6) is 0.711. The quantitative estimate of drug-likeness (QED) is 0.192. The Morgan fingerprint density at radius 3 is 2.27 bits per heavy atom. The Balaban J connectivity index is 2.24. The molecule has 0 spiro atoms. The molecular weight excluding hydrogens is 464 g/mol. The van der Waals surface area contributed by atoms with E-state index in [2.05, 4.69) is 6.92 Å². The fourth-order valence-electron chi connectivity index (χ4n) is 3.48. The van der Waals surface area contributed by atoms with Crippen molar-refractivity contribution in [2.24, 2.45) is 0 Å². The number of rotatable bonds is 10. The van der Waals surface area contributed by atoms with Gasteiger partial charge in [-0.25, -0.2) is 4.21 Å². The van der Waals surface area contributed by atoms with Gasteiger partial charge in [-0.15, -0.1) is 0 Å². The fourth-order valence-corrected chi connectivity index (χ4v) is 4.95. The highest BCUT2D eigenvalue weighted by atomic mass is 35.5. The molecule has 0 aliphatic rings. The smallest absolute Gasteiger partial charge is 0.308 e. The van der Waals surface area contributed by atoms with Crippen molar-refractivity contribution in [3.8, 4) is 23.0 Å². The van der Waals surface area contributed by atoms with Gasteiger partial charge in [-0.3, -0.25) is 4.79 Å². The summed E-state index contributed by atoms with van der Waals surface area (Å²) >= 11 is 6.27. The molecule has 0 aliphatic heterocycles. The van der Waals surface area contributed by atoms with E-state index in [-0.39, 0.29) is 11.5 Å². The van der Waals surface area contributed by atoms with Crippen molar-refractivity contribution in [3.05, 3.63) is 47.5 Å². The minimum atomic E-state index is -1.53. The van der Waals surface area contributed by atoms with Crippen molar-refractivity contribution in [2.45, 2.75) is 42.9 Å². The van der Waals surface area contributed by atoms with E-state index in [9.17, 15) is 9.00 Å². The van der Waals surface area contributed by atoms with Crippen LogP contribution in [0.5, 0.6) is 23.0 Å². The Bertz CT molecular complexity index is 1180. The van der Waals surface area contributed by atoms with E-state index in [1.54, 1.807) is 42.5 Å². The van der Waals surface area contributed by atoms with Gasteiger partial charge in [0.1, 0.15) is 0 Å². The zero-order valence-electron chi connectivity index (χ0n) is 19.1. The summed E-state index contributed by atoms with van der Waals surface area (Å²) < 4.78 is 36.1. The molecule has 0 bridgehead atoms. The first-order chi connectivity index (χ1) is 15.9. The molecule has 3 aromatic carbocycles. The topological polar surface area (TPSA) is 71.1 Å². The molecule has 176 valence electrons. The summed E-state index contributed by atoms with van der Waals surface area (Å²) in [4.78, 5) is 12.9. The Hall–Kier alpha value is -2.77. The van der Waals surface area contributed by atoms with Crippen LogP contribution < -0.4 is 18.9 Å². The maximum Gasteiger partial charge on any atom is 0.308 e. The molecule has 0 aromatic heterocycles. The van der Waals surface area contributed by atoms with Crippen LogP contribution in [0.4, 0.5) is 0 Å². The summed E-state index contributed by atoms with van der Waals surface area (Å²) in [5, 5.41) is 1.59. The number of carbonyl (C=O) groups excluding carboxylic acids is 1. The number of unbranched alkanes of at least 4 members (excludes halogenated alkanes) is 2. The highest BCUT2D eigenvalue weighted by molar-refractivity contribution is 7.85. The highest BCUT2D eigenvalue weighted by Gasteiger charge is 2.26. The zero-order chi connectivity index (χ0) is 24.0. The lowest BCUT2D eigenvalue weighted by atomic mass is 10.1. The van der Waals surface area contributed by atoms with Gasteiger partial charge in [-0.2, -0.15) is 0 Å². The van der Waals surface area contributed by atoms with Gasteiger partial charge in [0, 0.05) is 22.6 Å². The van der Waals surface area contributed by atoms with Crippen LogP contribution in [0.25, 0.3) is 10.8 Å². The van der Waals surface area contributed by atoms with Crippen LogP contribution in [0.2, 0.25) is 5.02 Å². The molecule has 1 unspecified atom stereocenters. The predicted octanol–water partition coefficient (Wildman–Crippen LogP) is 6.17. The van der Waals surface area contributed by atoms with E-state index >= 15 is 0 Å². The number of fused-ring (bicyclic) bond motifs is 1. The molecular formula is C25H27ClO6S. The molecule has 0 heterocycles. The maximum atomic E-state index is 13.3. The van der Waals surface area contributed by atoms with Gasteiger partial charge in [-0.05, 0) is 36.8 Å². The molecule has 0 aliphatic carbocycles. The van der Waals surface area contributed by atoms with Crippen LogP contribution >= 0.6 is 11.6 Å². The molecule has 0 radical (unpaired) electrons. The largest absolute Gasteiger partial charge is 0.490 e. The summed E-state index contributed by atoms with van der Waals surface area (Å²) in [7, 11) is 1.43. The molecule has 0 amide bonds. The van der Waals surface area contributed by atoms with Crippen LogP contribution in [-0.2, 0) is 15.6 Å². The molecule has 3 rings (SSSR count). The van der Waals surface area contributed by atoms with Gasteiger partial charge in [0.2, 0.25) is 11.5 Å². The first kappa shape index (κ1) is 24.9. The van der Waals surface area contributed by atoms with Crippen molar-refractivity contribution >= 4 is 39.1 Å². The summed E-state index contributed by atoms with van der Waals surface area (Å²) in [6.07, 6.45) is 2.93. The van der Waals surface area contributed by atoms with Crippen molar-refractivity contribution in [3.63, 3.8) is 0 Å². The van der Waals surface area contributed by atoms with E-state index in [1.165, 1.54) is 21.1 Å². The van der Waals surface area contributed by atoms with E-state index in [0.717, 1.165) is 19.3 Å². The summed E-state index contributed by atoms with van der Waals surface area (Å²) in [6.45, 7) is 3.89. The minimum absolute atomic E-state index is 0.216. The van der Waals surface area contributed by atoms with Gasteiger partial charge < -0.3 is 18.9 Å². The Kier molecular flexibility index (Phi) is 8.58. The van der Waals surface area contributed by atoms with Crippen LogP contribution in [0.3, 0.4) is 0 Å². The van der Waals surface area contributed by atoms with Crippen LogP contribution in [0, 0.1) is 0 Å². The second-order valence-electron chi connectivity index (χ2n) is 7.28. The first-order valence-electron chi connectivity index (χ1n) is 10.6. The molecule has 8 heteroatoms. The van der Waals surface area contributed by atoms with Gasteiger partial charge in [0.15, 0.2) is 11.5 Å². The molecule has 0 saturated carbocycles. The SMILES string of the molecule is CCCCCOc1c(OC)c(OC)c(OC(C)=O)c2ccc(S(=O)c3ccccc3Cl)cc12. The first-order valence-corrected chi connectivity index (χ1v) is 12.1. The lowest BCUT2D eigenvalue weighted by Gasteiger charge is -2.20. The van der Waals surface area contributed by atoms with Gasteiger partial charge >= 0.3 is 5.97 Å². The molecule has 0 fully saturated rings. The van der Waals surface area contributed by atoms with Crippen molar-refractivity contribution in [1.82, 2.24) is 0 Å². The molecule has 6 nitrogen and oxygen atoms in total. The molecule has 3 aromatic rings. The van der Waals surface area contributed by atoms with E-state index in [0.29, 0.717) is 43.7 Å². The minimum Gasteiger partial charge on any atom is -0.490 e. The average molecular weight is 491 g/mol. The number of benzene rings is 3. The van der Waals surface area contributed by atoms with E-state index in [4.69, 9.17) is 30.5 Å². The van der Waals surface area contributed by atoms with Gasteiger partial charge in [-0.1, -0.05) is 43.5 Å². The molecule has 0 N–H and O–H groups in total. The molecule has 1 atom stereocenters. The lowest BCUT2D eigenvalue weighted by molar-refractivity contribution is -0.131. The molecule has 0 saturated heterocycles. The third-order valence-electron chi connectivity index (χ3n) is 5.00. The second-order valence-corrected chi connectivity index (χ2v) is 9.14. The number of hydrogen-bond acceptors (Lipinski definition) is 6. The van der Waals surface area contributed by atoms with Crippen LogP contribution in [0.1, 0.15) is 33.1 Å². The molecule has 33 heavy (non-hydrogen) atoms. The average Bonchev–Trinajstić information content (AvgIpc) is 2.81. The third-order valence-corrected chi connectivity index (χ3v) is 6.88. The monoisotopic (exact) mass is 490 g/mol. The van der Waals surface area contributed by atoms with Crippen molar-refractivity contribution in [1.29, 1.82) is 0 Å². The lowest BCUT2D eigenvalue weighted by Crippen LogP contribution is -2.07.